The van der Waals surface area contributed by atoms with Gasteiger partial charge in [0.25, 0.3) is 0 Å². The molecule has 0 aromatic carbocycles. The van der Waals surface area contributed by atoms with E-state index in [1.807, 2.05) is 7.05 Å². The standard InChI is InChI=1S/C15H29N3/c1-3-12-6-8-14(9-7-12)18-15(16-2)17-11-10-13-4-5-13/h12-14H,3-11H2,1-2H3,(H2,16,17,18). The van der Waals surface area contributed by atoms with E-state index in [0.29, 0.717) is 6.04 Å². The van der Waals surface area contributed by atoms with Crippen molar-refractivity contribution in [2.24, 2.45) is 16.8 Å². The summed E-state index contributed by atoms with van der Waals surface area (Å²) in [6, 6.07) is 0.639. The molecule has 0 amide bonds. The van der Waals surface area contributed by atoms with Gasteiger partial charge in [-0.1, -0.05) is 26.2 Å². The minimum absolute atomic E-state index is 0.639. The maximum Gasteiger partial charge on any atom is 0.191 e. The van der Waals surface area contributed by atoms with Gasteiger partial charge >= 0.3 is 0 Å². The van der Waals surface area contributed by atoms with Crippen LogP contribution in [0.15, 0.2) is 4.99 Å². The van der Waals surface area contributed by atoms with Crippen LogP contribution in [-0.2, 0) is 0 Å². The monoisotopic (exact) mass is 251 g/mol. The fourth-order valence-electron chi connectivity index (χ4n) is 2.90. The Kier molecular flexibility index (Phi) is 5.33. The third-order valence-electron chi connectivity index (χ3n) is 4.53. The fraction of sp³-hybridized carbons (Fsp3) is 0.933. The molecule has 2 saturated carbocycles. The van der Waals surface area contributed by atoms with E-state index in [4.69, 9.17) is 0 Å². The third-order valence-corrected chi connectivity index (χ3v) is 4.53. The van der Waals surface area contributed by atoms with E-state index >= 15 is 0 Å². The second-order valence-electron chi connectivity index (χ2n) is 6.00. The topological polar surface area (TPSA) is 36.4 Å². The summed E-state index contributed by atoms with van der Waals surface area (Å²) in [5.74, 6) is 2.97. The minimum Gasteiger partial charge on any atom is -0.356 e. The first-order chi connectivity index (χ1) is 8.81. The smallest absolute Gasteiger partial charge is 0.191 e. The van der Waals surface area contributed by atoms with Gasteiger partial charge in [0.2, 0.25) is 0 Å². The van der Waals surface area contributed by atoms with E-state index in [9.17, 15) is 0 Å². The van der Waals surface area contributed by atoms with Crippen LogP contribution in [0, 0.1) is 11.8 Å². The first-order valence-corrected chi connectivity index (χ1v) is 7.79. The number of aliphatic imine (C=N–C) groups is 1. The van der Waals surface area contributed by atoms with Crippen molar-refractivity contribution >= 4 is 5.96 Å². The molecule has 0 spiro atoms. The van der Waals surface area contributed by atoms with Crippen molar-refractivity contribution in [2.75, 3.05) is 13.6 Å². The highest BCUT2D eigenvalue weighted by molar-refractivity contribution is 5.79. The highest BCUT2D eigenvalue weighted by Crippen LogP contribution is 2.31. The van der Waals surface area contributed by atoms with Gasteiger partial charge in [0.15, 0.2) is 5.96 Å². The predicted octanol–water partition coefficient (Wildman–Crippen LogP) is 2.92. The summed E-state index contributed by atoms with van der Waals surface area (Å²) < 4.78 is 0. The second-order valence-corrected chi connectivity index (χ2v) is 6.00. The number of nitrogens with one attached hydrogen (secondary N) is 2. The lowest BCUT2D eigenvalue weighted by molar-refractivity contribution is 0.304. The molecule has 0 atom stereocenters. The van der Waals surface area contributed by atoms with Gasteiger partial charge in [-0.3, -0.25) is 4.99 Å². The maximum absolute atomic E-state index is 4.33. The number of guanidine groups is 1. The Hall–Kier alpha value is -0.730. The van der Waals surface area contributed by atoms with E-state index in [0.717, 1.165) is 24.3 Å². The fourth-order valence-corrected chi connectivity index (χ4v) is 2.90. The molecule has 0 heterocycles. The van der Waals surface area contributed by atoms with Crippen LogP contribution >= 0.6 is 0 Å². The second kappa shape index (κ2) is 7.01. The summed E-state index contributed by atoms with van der Waals surface area (Å²) in [5.41, 5.74) is 0. The van der Waals surface area contributed by atoms with Crippen LogP contribution in [0.5, 0.6) is 0 Å². The van der Waals surface area contributed by atoms with Crippen molar-refractivity contribution in [1.82, 2.24) is 10.6 Å². The first kappa shape index (κ1) is 13.7. The Bertz CT molecular complexity index is 263. The molecule has 0 radical (unpaired) electrons. The summed E-state index contributed by atoms with van der Waals surface area (Å²) in [5, 5.41) is 7.04. The van der Waals surface area contributed by atoms with Crippen LogP contribution < -0.4 is 10.6 Å². The molecule has 0 saturated heterocycles. The third kappa shape index (κ3) is 4.51. The largest absolute Gasteiger partial charge is 0.356 e. The van der Waals surface area contributed by atoms with Crippen molar-refractivity contribution in [3.8, 4) is 0 Å². The molecular weight excluding hydrogens is 222 g/mol. The molecular formula is C15H29N3. The Morgan fingerprint density at radius 3 is 2.28 bits per heavy atom. The molecule has 0 unspecified atom stereocenters. The Labute approximate surface area is 112 Å². The Morgan fingerprint density at radius 2 is 1.72 bits per heavy atom. The summed E-state index contributed by atoms with van der Waals surface area (Å²) in [6.45, 7) is 3.39. The molecule has 3 nitrogen and oxygen atoms in total. The summed E-state index contributed by atoms with van der Waals surface area (Å²) in [7, 11) is 1.88. The molecule has 2 fully saturated rings. The molecule has 18 heavy (non-hydrogen) atoms. The number of nitrogens with zero attached hydrogens (tertiary/aromatic N) is 1. The number of hydrogen-bond acceptors (Lipinski definition) is 1. The molecule has 0 aromatic rings. The van der Waals surface area contributed by atoms with Crippen LogP contribution in [0.25, 0.3) is 0 Å². The van der Waals surface area contributed by atoms with Crippen molar-refractivity contribution in [3.63, 3.8) is 0 Å². The van der Waals surface area contributed by atoms with Crippen LogP contribution in [0.2, 0.25) is 0 Å². The number of hydrogen-bond donors (Lipinski definition) is 2. The van der Waals surface area contributed by atoms with Crippen LogP contribution in [-0.4, -0.2) is 25.6 Å². The normalized spacial score (nSPS) is 29.1. The molecule has 2 aliphatic carbocycles. The Morgan fingerprint density at radius 1 is 1.06 bits per heavy atom. The zero-order chi connectivity index (χ0) is 12.8. The summed E-state index contributed by atoms with van der Waals surface area (Å²) in [6.07, 6.45) is 10.9. The van der Waals surface area contributed by atoms with Crippen LogP contribution in [0.1, 0.15) is 58.3 Å². The van der Waals surface area contributed by atoms with Gasteiger partial charge in [-0.05, 0) is 43.9 Å². The van der Waals surface area contributed by atoms with Crippen LogP contribution in [0.3, 0.4) is 0 Å². The van der Waals surface area contributed by atoms with Gasteiger partial charge < -0.3 is 10.6 Å². The maximum atomic E-state index is 4.33. The van der Waals surface area contributed by atoms with Crippen molar-refractivity contribution in [2.45, 2.75) is 64.3 Å². The van der Waals surface area contributed by atoms with E-state index < -0.39 is 0 Å². The van der Waals surface area contributed by atoms with Gasteiger partial charge in [0.05, 0.1) is 0 Å². The summed E-state index contributed by atoms with van der Waals surface area (Å²) in [4.78, 5) is 4.33. The molecule has 104 valence electrons. The van der Waals surface area contributed by atoms with E-state index in [2.05, 4.69) is 22.5 Å². The zero-order valence-electron chi connectivity index (χ0n) is 12.0. The Balaban J connectivity index is 1.63. The lowest BCUT2D eigenvalue weighted by Crippen LogP contribution is -2.45. The zero-order valence-corrected chi connectivity index (χ0v) is 12.0. The average Bonchev–Trinajstić information content (AvgIpc) is 3.22. The highest BCUT2D eigenvalue weighted by Gasteiger charge is 2.22. The van der Waals surface area contributed by atoms with Crippen molar-refractivity contribution < 1.29 is 0 Å². The quantitative estimate of drug-likeness (QED) is 0.582. The number of rotatable bonds is 5. The van der Waals surface area contributed by atoms with Gasteiger partial charge in [0.1, 0.15) is 0 Å². The van der Waals surface area contributed by atoms with E-state index in [1.54, 1.807) is 0 Å². The lowest BCUT2D eigenvalue weighted by atomic mass is 9.84. The van der Waals surface area contributed by atoms with E-state index in [1.165, 1.54) is 51.4 Å². The average molecular weight is 251 g/mol. The molecule has 0 bridgehead atoms. The van der Waals surface area contributed by atoms with Gasteiger partial charge in [-0.25, -0.2) is 0 Å². The minimum atomic E-state index is 0.639. The van der Waals surface area contributed by atoms with Gasteiger partial charge in [0, 0.05) is 19.6 Å². The van der Waals surface area contributed by atoms with Gasteiger partial charge in [-0.2, -0.15) is 0 Å². The molecule has 2 N–H and O–H groups in total. The van der Waals surface area contributed by atoms with Crippen molar-refractivity contribution in [1.29, 1.82) is 0 Å². The van der Waals surface area contributed by atoms with Crippen LogP contribution in [0.4, 0.5) is 0 Å². The predicted molar refractivity (Wildman–Crippen MR) is 77.9 cm³/mol. The molecule has 2 aliphatic rings. The highest BCUT2D eigenvalue weighted by atomic mass is 15.2. The SMILES string of the molecule is CCC1CCC(NC(=NC)NCCC2CC2)CC1. The molecule has 0 aromatic heterocycles. The van der Waals surface area contributed by atoms with E-state index in [-0.39, 0.29) is 0 Å². The molecule has 0 aliphatic heterocycles. The molecule has 3 heteroatoms. The first-order valence-electron chi connectivity index (χ1n) is 7.79. The lowest BCUT2D eigenvalue weighted by Gasteiger charge is -2.29. The van der Waals surface area contributed by atoms with Crippen molar-refractivity contribution in [3.05, 3.63) is 0 Å². The van der Waals surface area contributed by atoms with Gasteiger partial charge in [-0.15, -0.1) is 0 Å². The summed E-state index contributed by atoms with van der Waals surface area (Å²) >= 11 is 0. The molecule has 2 rings (SSSR count).